The summed E-state index contributed by atoms with van der Waals surface area (Å²) in [6, 6.07) is 8.42. The van der Waals surface area contributed by atoms with Crippen molar-refractivity contribution in [1.82, 2.24) is 15.5 Å². The number of hydrogen-bond donors (Lipinski definition) is 2. The van der Waals surface area contributed by atoms with Gasteiger partial charge in [-0.15, -0.1) is 0 Å². The van der Waals surface area contributed by atoms with E-state index in [4.69, 9.17) is 9.47 Å². The highest BCUT2D eigenvalue weighted by Crippen LogP contribution is 2.21. The Morgan fingerprint density at radius 3 is 2.68 bits per heavy atom. The fraction of sp³-hybridized carbons (Fsp3) is 0.632. The van der Waals surface area contributed by atoms with E-state index in [9.17, 15) is 0 Å². The first-order valence-electron chi connectivity index (χ1n) is 8.95. The van der Waals surface area contributed by atoms with E-state index in [1.54, 1.807) is 14.2 Å². The van der Waals surface area contributed by atoms with E-state index in [0.717, 1.165) is 50.9 Å². The number of methoxy groups -OCH3 is 1. The SMILES string of the molecule is CCOCCCCNC(=NC)NCC(c1cccc(OC)c1)N(C)C. The zero-order valence-corrected chi connectivity index (χ0v) is 16.3. The number of nitrogens with one attached hydrogen (secondary N) is 2. The molecule has 0 saturated carbocycles. The molecule has 2 N–H and O–H groups in total. The summed E-state index contributed by atoms with van der Waals surface area (Å²) in [5.74, 6) is 1.70. The van der Waals surface area contributed by atoms with Crippen molar-refractivity contribution in [1.29, 1.82) is 0 Å². The van der Waals surface area contributed by atoms with Gasteiger partial charge in [-0.05, 0) is 51.6 Å². The Bertz CT molecular complexity index is 506. The topological polar surface area (TPSA) is 58.1 Å². The van der Waals surface area contributed by atoms with E-state index < -0.39 is 0 Å². The predicted octanol–water partition coefficient (Wildman–Crippen LogP) is 2.28. The molecule has 0 fully saturated rings. The lowest BCUT2D eigenvalue weighted by molar-refractivity contribution is 0.143. The first kappa shape index (κ1) is 21.3. The largest absolute Gasteiger partial charge is 0.497 e. The van der Waals surface area contributed by atoms with Gasteiger partial charge in [0.15, 0.2) is 5.96 Å². The van der Waals surface area contributed by atoms with Crippen LogP contribution in [0.4, 0.5) is 0 Å². The van der Waals surface area contributed by atoms with Crippen molar-refractivity contribution in [3.8, 4) is 5.75 Å². The molecule has 0 saturated heterocycles. The molecule has 6 heteroatoms. The van der Waals surface area contributed by atoms with Gasteiger partial charge in [0.25, 0.3) is 0 Å². The second-order valence-electron chi connectivity index (χ2n) is 6.04. The normalized spacial score (nSPS) is 13.0. The third-order valence-corrected chi connectivity index (χ3v) is 4.00. The average Bonchev–Trinajstić information content (AvgIpc) is 2.62. The molecule has 1 aromatic rings. The Morgan fingerprint density at radius 2 is 2.04 bits per heavy atom. The summed E-state index contributed by atoms with van der Waals surface area (Å²) in [5, 5.41) is 6.77. The third-order valence-electron chi connectivity index (χ3n) is 4.00. The Balaban J connectivity index is 2.49. The predicted molar refractivity (Wildman–Crippen MR) is 105 cm³/mol. The number of aliphatic imine (C=N–C) groups is 1. The maximum atomic E-state index is 5.35. The summed E-state index contributed by atoms with van der Waals surface area (Å²) < 4.78 is 10.7. The van der Waals surface area contributed by atoms with Crippen LogP contribution in [0.1, 0.15) is 31.4 Å². The van der Waals surface area contributed by atoms with Gasteiger partial charge < -0.3 is 25.0 Å². The first-order valence-corrected chi connectivity index (χ1v) is 8.95. The number of nitrogens with zero attached hydrogens (tertiary/aromatic N) is 2. The van der Waals surface area contributed by atoms with E-state index in [0.29, 0.717) is 0 Å². The van der Waals surface area contributed by atoms with Crippen molar-refractivity contribution in [2.24, 2.45) is 4.99 Å². The van der Waals surface area contributed by atoms with Gasteiger partial charge in [0, 0.05) is 33.4 Å². The summed E-state index contributed by atoms with van der Waals surface area (Å²) in [6.45, 7) is 5.28. The van der Waals surface area contributed by atoms with E-state index in [1.165, 1.54) is 5.56 Å². The van der Waals surface area contributed by atoms with Gasteiger partial charge in [0.2, 0.25) is 0 Å². The van der Waals surface area contributed by atoms with Crippen LogP contribution in [0.3, 0.4) is 0 Å². The van der Waals surface area contributed by atoms with Crippen LogP contribution in [0.25, 0.3) is 0 Å². The van der Waals surface area contributed by atoms with Crippen LogP contribution < -0.4 is 15.4 Å². The minimum atomic E-state index is 0.228. The molecule has 0 amide bonds. The second-order valence-corrected chi connectivity index (χ2v) is 6.04. The molecule has 0 spiro atoms. The molecular weight excluding hydrogens is 316 g/mol. The molecule has 142 valence electrons. The number of likely N-dealkylation sites (N-methyl/N-ethyl adjacent to an activating group) is 1. The molecule has 0 aliphatic carbocycles. The summed E-state index contributed by atoms with van der Waals surface area (Å²) >= 11 is 0. The molecule has 25 heavy (non-hydrogen) atoms. The number of rotatable bonds is 11. The minimum Gasteiger partial charge on any atom is -0.497 e. The molecule has 1 unspecified atom stereocenters. The van der Waals surface area contributed by atoms with Gasteiger partial charge in [0.1, 0.15) is 5.75 Å². The van der Waals surface area contributed by atoms with Gasteiger partial charge in [-0.2, -0.15) is 0 Å². The molecule has 0 aliphatic heterocycles. The maximum Gasteiger partial charge on any atom is 0.191 e. The Labute approximate surface area is 152 Å². The lowest BCUT2D eigenvalue weighted by Crippen LogP contribution is -2.42. The molecule has 6 nitrogen and oxygen atoms in total. The molecule has 0 aromatic heterocycles. The molecule has 0 heterocycles. The number of benzene rings is 1. The van der Waals surface area contributed by atoms with Gasteiger partial charge in [0.05, 0.1) is 13.2 Å². The van der Waals surface area contributed by atoms with Crippen LogP contribution in [0.2, 0.25) is 0 Å². The van der Waals surface area contributed by atoms with Gasteiger partial charge in [-0.3, -0.25) is 4.99 Å². The average molecular weight is 351 g/mol. The molecule has 1 rings (SSSR count). The fourth-order valence-corrected chi connectivity index (χ4v) is 2.54. The quantitative estimate of drug-likeness (QED) is 0.364. The lowest BCUT2D eigenvalue weighted by Gasteiger charge is -2.26. The number of hydrogen-bond acceptors (Lipinski definition) is 4. The van der Waals surface area contributed by atoms with Gasteiger partial charge >= 0.3 is 0 Å². The lowest BCUT2D eigenvalue weighted by atomic mass is 10.1. The van der Waals surface area contributed by atoms with Crippen molar-refractivity contribution in [3.05, 3.63) is 29.8 Å². The first-order chi connectivity index (χ1) is 12.1. The van der Waals surface area contributed by atoms with E-state index in [-0.39, 0.29) is 6.04 Å². The molecule has 1 aromatic carbocycles. The van der Waals surface area contributed by atoms with Crippen LogP contribution in [-0.2, 0) is 4.74 Å². The number of guanidine groups is 1. The molecule has 0 radical (unpaired) electrons. The Morgan fingerprint density at radius 1 is 1.24 bits per heavy atom. The summed E-state index contributed by atoms with van der Waals surface area (Å²) in [6.07, 6.45) is 2.12. The Hall–Kier alpha value is -1.79. The van der Waals surface area contributed by atoms with Crippen LogP contribution in [0.5, 0.6) is 5.75 Å². The summed E-state index contributed by atoms with van der Waals surface area (Å²) in [4.78, 5) is 6.49. The van der Waals surface area contributed by atoms with Crippen molar-refractivity contribution < 1.29 is 9.47 Å². The molecule has 1 atom stereocenters. The van der Waals surface area contributed by atoms with Gasteiger partial charge in [-0.1, -0.05) is 12.1 Å². The van der Waals surface area contributed by atoms with Crippen molar-refractivity contribution in [3.63, 3.8) is 0 Å². The standard InChI is InChI=1S/C19H34N4O2/c1-6-25-13-8-7-12-21-19(20-2)22-15-18(23(3)4)16-10-9-11-17(14-16)24-5/h9-11,14,18H,6-8,12-13,15H2,1-5H3,(H2,20,21,22). The van der Waals surface area contributed by atoms with E-state index in [1.807, 2.05) is 19.1 Å². The summed E-state index contributed by atoms with van der Waals surface area (Å²) in [5.41, 5.74) is 1.21. The van der Waals surface area contributed by atoms with Crippen LogP contribution in [0, 0.1) is 0 Å². The van der Waals surface area contributed by atoms with Crippen LogP contribution in [0.15, 0.2) is 29.3 Å². The van der Waals surface area contributed by atoms with E-state index in [2.05, 4.69) is 46.8 Å². The van der Waals surface area contributed by atoms with Crippen molar-refractivity contribution in [2.45, 2.75) is 25.8 Å². The molecular formula is C19H34N4O2. The number of unbranched alkanes of at least 4 members (excludes halogenated alkanes) is 1. The highest BCUT2D eigenvalue weighted by Gasteiger charge is 2.15. The number of ether oxygens (including phenoxy) is 2. The van der Waals surface area contributed by atoms with Crippen molar-refractivity contribution >= 4 is 5.96 Å². The highest BCUT2D eigenvalue weighted by atomic mass is 16.5. The third kappa shape index (κ3) is 8.23. The summed E-state index contributed by atoms with van der Waals surface area (Å²) in [7, 11) is 7.65. The van der Waals surface area contributed by atoms with E-state index >= 15 is 0 Å². The van der Waals surface area contributed by atoms with Gasteiger partial charge in [-0.25, -0.2) is 0 Å². The van der Waals surface area contributed by atoms with Crippen molar-refractivity contribution in [2.75, 3.05) is 54.6 Å². The monoisotopic (exact) mass is 350 g/mol. The van der Waals surface area contributed by atoms with Crippen LogP contribution >= 0.6 is 0 Å². The second kappa shape index (κ2) is 12.6. The fourth-order valence-electron chi connectivity index (χ4n) is 2.54. The zero-order chi connectivity index (χ0) is 18.5. The minimum absolute atomic E-state index is 0.228. The molecule has 0 aliphatic rings. The molecule has 0 bridgehead atoms. The highest BCUT2D eigenvalue weighted by molar-refractivity contribution is 5.79. The smallest absolute Gasteiger partial charge is 0.191 e. The maximum absolute atomic E-state index is 5.35. The Kier molecular flexibility index (Phi) is 10.7. The van der Waals surface area contributed by atoms with Crippen LogP contribution in [-0.4, -0.2) is 65.4 Å². The zero-order valence-electron chi connectivity index (χ0n) is 16.3.